The van der Waals surface area contributed by atoms with Crippen LogP contribution in [-0.4, -0.2) is 45.3 Å². The summed E-state index contributed by atoms with van der Waals surface area (Å²) >= 11 is 0. The Morgan fingerprint density at radius 3 is 2.35 bits per heavy atom. The molecular weight excluding hydrogens is 248 g/mol. The minimum absolute atomic E-state index is 0.682. The Balaban J connectivity index is 2.53. The molecule has 3 heteroatoms. The van der Waals surface area contributed by atoms with E-state index in [1.165, 1.54) is 11.1 Å². The van der Waals surface area contributed by atoms with Crippen LogP contribution in [0.1, 0.15) is 25.0 Å². The van der Waals surface area contributed by atoms with Gasteiger partial charge in [0.15, 0.2) is 0 Å². The molecule has 0 bridgehead atoms. The lowest BCUT2D eigenvalue weighted by Gasteiger charge is -2.24. The van der Waals surface area contributed by atoms with E-state index in [0.29, 0.717) is 5.92 Å². The van der Waals surface area contributed by atoms with Crippen molar-refractivity contribution in [2.45, 2.75) is 26.8 Å². The van der Waals surface area contributed by atoms with E-state index in [4.69, 9.17) is 4.74 Å². The van der Waals surface area contributed by atoms with Gasteiger partial charge in [-0.05, 0) is 37.1 Å². The van der Waals surface area contributed by atoms with Gasteiger partial charge in [0.2, 0.25) is 0 Å². The first-order valence-corrected chi connectivity index (χ1v) is 7.59. The second-order valence-electron chi connectivity index (χ2n) is 5.79. The first kappa shape index (κ1) is 17.2. The number of hydrogen-bond donors (Lipinski definition) is 1. The van der Waals surface area contributed by atoms with Crippen molar-refractivity contribution in [2.75, 3.05) is 40.4 Å². The van der Waals surface area contributed by atoms with Crippen LogP contribution in [0.3, 0.4) is 0 Å². The Kier molecular flexibility index (Phi) is 8.51. The topological polar surface area (TPSA) is 24.5 Å². The van der Waals surface area contributed by atoms with Crippen LogP contribution >= 0.6 is 0 Å². The van der Waals surface area contributed by atoms with Crippen LogP contribution in [-0.2, 0) is 17.7 Å². The monoisotopic (exact) mass is 278 g/mol. The SMILES string of the molecule is CNCCc1ccc(CN(CCOC)CC(C)C)cc1. The number of nitrogens with zero attached hydrogens (tertiary/aromatic N) is 1. The average molecular weight is 278 g/mol. The zero-order valence-electron chi connectivity index (χ0n) is 13.5. The molecule has 0 heterocycles. The van der Waals surface area contributed by atoms with E-state index < -0.39 is 0 Å². The highest BCUT2D eigenvalue weighted by atomic mass is 16.5. The quantitative estimate of drug-likeness (QED) is 0.712. The highest BCUT2D eigenvalue weighted by molar-refractivity contribution is 5.22. The Labute approximate surface area is 124 Å². The summed E-state index contributed by atoms with van der Waals surface area (Å²) in [7, 11) is 3.76. The average Bonchev–Trinajstić information content (AvgIpc) is 2.43. The van der Waals surface area contributed by atoms with Gasteiger partial charge < -0.3 is 10.1 Å². The van der Waals surface area contributed by atoms with Crippen molar-refractivity contribution in [2.24, 2.45) is 5.92 Å². The predicted octanol–water partition coefficient (Wildman–Crippen LogP) is 2.55. The fourth-order valence-electron chi connectivity index (χ4n) is 2.31. The summed E-state index contributed by atoms with van der Waals surface area (Å²) < 4.78 is 5.21. The van der Waals surface area contributed by atoms with Gasteiger partial charge in [-0.25, -0.2) is 0 Å². The summed E-state index contributed by atoms with van der Waals surface area (Å²) in [5.41, 5.74) is 2.78. The second kappa shape index (κ2) is 9.92. The van der Waals surface area contributed by atoms with E-state index >= 15 is 0 Å². The maximum Gasteiger partial charge on any atom is 0.0589 e. The third kappa shape index (κ3) is 7.04. The third-order valence-corrected chi connectivity index (χ3v) is 3.33. The third-order valence-electron chi connectivity index (χ3n) is 3.33. The lowest BCUT2D eigenvalue weighted by molar-refractivity contribution is 0.136. The minimum atomic E-state index is 0.682. The second-order valence-corrected chi connectivity index (χ2v) is 5.79. The van der Waals surface area contributed by atoms with Crippen LogP contribution in [0.5, 0.6) is 0 Å². The van der Waals surface area contributed by atoms with Gasteiger partial charge in [-0.2, -0.15) is 0 Å². The fourth-order valence-corrected chi connectivity index (χ4v) is 2.31. The van der Waals surface area contributed by atoms with Crippen LogP contribution in [0.2, 0.25) is 0 Å². The zero-order chi connectivity index (χ0) is 14.8. The van der Waals surface area contributed by atoms with Crippen molar-refractivity contribution in [3.05, 3.63) is 35.4 Å². The number of hydrogen-bond acceptors (Lipinski definition) is 3. The minimum Gasteiger partial charge on any atom is -0.383 e. The highest BCUT2D eigenvalue weighted by Crippen LogP contribution is 2.10. The summed E-state index contributed by atoms with van der Waals surface area (Å²) in [5.74, 6) is 0.682. The van der Waals surface area contributed by atoms with Gasteiger partial charge in [-0.3, -0.25) is 4.90 Å². The van der Waals surface area contributed by atoms with E-state index in [0.717, 1.165) is 39.2 Å². The Hall–Kier alpha value is -0.900. The molecule has 1 rings (SSSR count). The molecule has 0 atom stereocenters. The summed E-state index contributed by atoms with van der Waals surface area (Å²) in [5, 5.41) is 3.19. The Morgan fingerprint density at radius 1 is 1.15 bits per heavy atom. The smallest absolute Gasteiger partial charge is 0.0589 e. The van der Waals surface area contributed by atoms with Crippen LogP contribution in [0.4, 0.5) is 0 Å². The Bertz CT molecular complexity index is 349. The van der Waals surface area contributed by atoms with Crippen molar-refractivity contribution in [1.29, 1.82) is 0 Å². The van der Waals surface area contributed by atoms with Gasteiger partial charge in [0.1, 0.15) is 0 Å². The summed E-state index contributed by atoms with van der Waals surface area (Å²) in [6.45, 7) is 9.48. The molecule has 0 saturated carbocycles. The maximum atomic E-state index is 5.21. The molecule has 20 heavy (non-hydrogen) atoms. The van der Waals surface area contributed by atoms with Crippen molar-refractivity contribution in [3.8, 4) is 0 Å². The molecule has 0 amide bonds. The molecule has 0 spiro atoms. The molecule has 0 saturated heterocycles. The number of nitrogens with one attached hydrogen (secondary N) is 1. The standard InChI is InChI=1S/C17H30N2O/c1-15(2)13-19(11-12-20-4)14-17-7-5-16(6-8-17)9-10-18-3/h5-8,15,18H,9-14H2,1-4H3. The van der Waals surface area contributed by atoms with Gasteiger partial charge >= 0.3 is 0 Å². The van der Waals surface area contributed by atoms with E-state index in [-0.39, 0.29) is 0 Å². The number of benzene rings is 1. The van der Waals surface area contributed by atoms with Crippen LogP contribution in [0.25, 0.3) is 0 Å². The van der Waals surface area contributed by atoms with Gasteiger partial charge in [-0.1, -0.05) is 38.1 Å². The van der Waals surface area contributed by atoms with E-state index in [1.54, 1.807) is 7.11 Å². The molecule has 0 aromatic heterocycles. The van der Waals surface area contributed by atoms with Gasteiger partial charge in [-0.15, -0.1) is 0 Å². The molecule has 0 fully saturated rings. The molecule has 0 unspecified atom stereocenters. The molecule has 0 aliphatic heterocycles. The zero-order valence-corrected chi connectivity index (χ0v) is 13.5. The van der Waals surface area contributed by atoms with Crippen LogP contribution in [0, 0.1) is 5.92 Å². The summed E-state index contributed by atoms with van der Waals surface area (Å²) in [6, 6.07) is 9.00. The van der Waals surface area contributed by atoms with Gasteiger partial charge in [0.05, 0.1) is 6.61 Å². The van der Waals surface area contributed by atoms with Gasteiger partial charge in [0.25, 0.3) is 0 Å². The number of likely N-dealkylation sites (N-methyl/N-ethyl adjacent to an activating group) is 1. The van der Waals surface area contributed by atoms with Crippen LogP contribution < -0.4 is 5.32 Å². The number of ether oxygens (including phenoxy) is 1. The van der Waals surface area contributed by atoms with E-state index in [1.807, 2.05) is 7.05 Å². The fraction of sp³-hybridized carbons (Fsp3) is 0.647. The molecule has 1 N–H and O–H groups in total. The molecule has 0 aliphatic carbocycles. The molecule has 1 aromatic carbocycles. The lowest BCUT2D eigenvalue weighted by atomic mass is 10.1. The first-order valence-electron chi connectivity index (χ1n) is 7.59. The predicted molar refractivity (Wildman–Crippen MR) is 86.1 cm³/mol. The van der Waals surface area contributed by atoms with E-state index in [2.05, 4.69) is 48.3 Å². The summed E-state index contributed by atoms with van der Waals surface area (Å²) in [4.78, 5) is 2.47. The van der Waals surface area contributed by atoms with Crippen molar-refractivity contribution in [3.63, 3.8) is 0 Å². The molecular formula is C17H30N2O. The van der Waals surface area contributed by atoms with Crippen molar-refractivity contribution in [1.82, 2.24) is 10.2 Å². The van der Waals surface area contributed by atoms with Crippen LogP contribution in [0.15, 0.2) is 24.3 Å². The molecule has 114 valence electrons. The first-order chi connectivity index (χ1) is 9.65. The largest absolute Gasteiger partial charge is 0.383 e. The summed E-state index contributed by atoms with van der Waals surface area (Å²) in [6.07, 6.45) is 1.09. The number of rotatable bonds is 10. The normalized spacial score (nSPS) is 11.5. The number of methoxy groups -OCH3 is 1. The molecule has 1 aromatic rings. The highest BCUT2D eigenvalue weighted by Gasteiger charge is 2.08. The molecule has 0 aliphatic rings. The Morgan fingerprint density at radius 2 is 1.80 bits per heavy atom. The van der Waals surface area contributed by atoms with Gasteiger partial charge in [0, 0.05) is 26.7 Å². The van der Waals surface area contributed by atoms with Crippen molar-refractivity contribution < 1.29 is 4.74 Å². The molecule has 0 radical (unpaired) electrons. The van der Waals surface area contributed by atoms with E-state index in [9.17, 15) is 0 Å². The molecule has 3 nitrogen and oxygen atoms in total. The lowest BCUT2D eigenvalue weighted by Crippen LogP contribution is -2.30. The van der Waals surface area contributed by atoms with Crippen molar-refractivity contribution >= 4 is 0 Å². The maximum absolute atomic E-state index is 5.21.